The third kappa shape index (κ3) is 1.91. The Morgan fingerprint density at radius 2 is 2.14 bits per heavy atom. The van der Waals surface area contributed by atoms with Gasteiger partial charge in [0.05, 0.1) is 19.0 Å². The number of anilines is 1. The van der Waals surface area contributed by atoms with Gasteiger partial charge in [-0.1, -0.05) is 0 Å². The van der Waals surface area contributed by atoms with E-state index in [0.717, 1.165) is 24.4 Å². The smallest absolute Gasteiger partial charge is 0.178 e. The van der Waals surface area contributed by atoms with Crippen molar-refractivity contribution in [3.05, 3.63) is 42.5 Å². The molecule has 22 heavy (non-hydrogen) atoms. The van der Waals surface area contributed by atoms with Gasteiger partial charge in [0.2, 0.25) is 0 Å². The molecule has 3 aromatic rings. The maximum absolute atomic E-state index is 13.9. The van der Waals surface area contributed by atoms with Crippen LogP contribution in [-0.4, -0.2) is 34.8 Å². The number of imidazole rings is 1. The summed E-state index contributed by atoms with van der Waals surface area (Å²) in [6.45, 7) is 2.05. The highest BCUT2D eigenvalue weighted by Gasteiger charge is 2.20. The van der Waals surface area contributed by atoms with E-state index >= 15 is 0 Å². The summed E-state index contributed by atoms with van der Waals surface area (Å²) in [6, 6.07) is 6.74. The summed E-state index contributed by atoms with van der Waals surface area (Å²) in [6.07, 6.45) is 5.88. The molecule has 0 aliphatic carbocycles. The van der Waals surface area contributed by atoms with Crippen molar-refractivity contribution in [3.8, 4) is 17.0 Å². The van der Waals surface area contributed by atoms with Gasteiger partial charge >= 0.3 is 0 Å². The summed E-state index contributed by atoms with van der Waals surface area (Å²) >= 11 is 0. The molecule has 0 spiro atoms. The average Bonchev–Trinajstić information content (AvgIpc) is 2.90. The minimum atomic E-state index is -0.415. The monoisotopic (exact) mass is 297 g/mol. The van der Waals surface area contributed by atoms with Crippen molar-refractivity contribution in [2.45, 2.75) is 6.42 Å². The van der Waals surface area contributed by atoms with Crippen LogP contribution < -0.4 is 9.64 Å². The molecule has 5 nitrogen and oxygen atoms in total. The van der Waals surface area contributed by atoms with Crippen molar-refractivity contribution in [1.29, 1.82) is 0 Å². The van der Waals surface area contributed by atoms with Crippen LogP contribution in [0.15, 0.2) is 30.5 Å². The standard InChI is InChI=1S/C16H14FN4O/c1-22-15-4-3-11(9-12(15)17)14-10-18-16-13(20-7-2-8-20)5-6-19-21(14)16/h3-6,9H,2,7-8H2,1H3. The molecule has 6 heteroatoms. The van der Waals surface area contributed by atoms with Crippen LogP contribution in [0.25, 0.3) is 16.9 Å². The van der Waals surface area contributed by atoms with E-state index in [0.29, 0.717) is 11.3 Å². The second-order valence-corrected chi connectivity index (χ2v) is 5.21. The van der Waals surface area contributed by atoms with Crippen molar-refractivity contribution in [2.75, 3.05) is 25.1 Å². The molecule has 1 fully saturated rings. The zero-order valence-corrected chi connectivity index (χ0v) is 12.1. The van der Waals surface area contributed by atoms with Gasteiger partial charge < -0.3 is 9.64 Å². The van der Waals surface area contributed by atoms with Gasteiger partial charge in [-0.05, 0) is 30.7 Å². The Bertz CT molecular complexity index is 841. The maximum Gasteiger partial charge on any atom is 0.178 e. The van der Waals surface area contributed by atoms with E-state index in [9.17, 15) is 4.39 Å². The van der Waals surface area contributed by atoms with Crippen LogP contribution in [0.4, 0.5) is 10.1 Å². The second-order valence-electron chi connectivity index (χ2n) is 5.21. The molecule has 1 aliphatic heterocycles. The molecule has 3 heterocycles. The predicted molar refractivity (Wildman–Crippen MR) is 80.6 cm³/mol. The molecule has 1 aromatic carbocycles. The summed E-state index contributed by atoms with van der Waals surface area (Å²) in [4.78, 5) is 6.60. The van der Waals surface area contributed by atoms with E-state index in [2.05, 4.69) is 21.2 Å². The molecule has 4 rings (SSSR count). The number of nitrogens with zero attached hydrogens (tertiary/aromatic N) is 4. The molecular formula is C16H14FN4O. The topological polar surface area (TPSA) is 42.7 Å². The lowest BCUT2D eigenvalue weighted by Gasteiger charge is -2.32. The number of benzene rings is 1. The molecule has 2 aromatic heterocycles. The van der Waals surface area contributed by atoms with E-state index in [1.54, 1.807) is 22.8 Å². The van der Waals surface area contributed by atoms with E-state index in [1.165, 1.54) is 19.6 Å². The van der Waals surface area contributed by atoms with Crippen LogP contribution in [-0.2, 0) is 0 Å². The van der Waals surface area contributed by atoms with E-state index in [-0.39, 0.29) is 5.75 Å². The summed E-state index contributed by atoms with van der Waals surface area (Å²) in [5.41, 5.74) is 3.09. The summed E-state index contributed by atoms with van der Waals surface area (Å²) in [5, 5.41) is 4.33. The fraction of sp³-hybridized carbons (Fsp3) is 0.250. The highest BCUT2D eigenvalue weighted by molar-refractivity contribution is 5.73. The number of methoxy groups -OCH3 is 1. The Morgan fingerprint density at radius 3 is 2.82 bits per heavy atom. The molecule has 1 radical (unpaired) electrons. The quantitative estimate of drug-likeness (QED) is 0.745. The van der Waals surface area contributed by atoms with E-state index < -0.39 is 5.82 Å². The number of aromatic nitrogens is 3. The number of halogens is 1. The van der Waals surface area contributed by atoms with Crippen LogP contribution in [0.5, 0.6) is 5.75 Å². The van der Waals surface area contributed by atoms with Gasteiger partial charge in [0.25, 0.3) is 0 Å². The minimum absolute atomic E-state index is 0.215. The third-order valence-electron chi connectivity index (χ3n) is 3.95. The molecule has 0 unspecified atom stereocenters. The van der Waals surface area contributed by atoms with Crippen LogP contribution in [0, 0.1) is 12.0 Å². The number of ether oxygens (including phenoxy) is 1. The molecule has 0 N–H and O–H groups in total. The first-order chi connectivity index (χ1) is 10.8. The lowest BCUT2D eigenvalue weighted by molar-refractivity contribution is 0.386. The summed E-state index contributed by atoms with van der Waals surface area (Å²) < 4.78 is 20.6. The van der Waals surface area contributed by atoms with Crippen LogP contribution >= 0.6 is 0 Å². The number of hydrogen-bond acceptors (Lipinski definition) is 4. The molecule has 0 atom stereocenters. The molecule has 0 saturated carbocycles. The largest absolute Gasteiger partial charge is 0.494 e. The van der Waals surface area contributed by atoms with Gasteiger partial charge in [-0.2, -0.15) is 5.10 Å². The van der Waals surface area contributed by atoms with Crippen LogP contribution in [0.2, 0.25) is 0 Å². The fourth-order valence-corrected chi connectivity index (χ4v) is 2.63. The second kappa shape index (κ2) is 4.98. The summed E-state index contributed by atoms with van der Waals surface area (Å²) in [5.74, 6) is -0.200. The van der Waals surface area contributed by atoms with Crippen molar-refractivity contribution in [3.63, 3.8) is 0 Å². The van der Waals surface area contributed by atoms with Crippen LogP contribution in [0.1, 0.15) is 6.42 Å². The molecule has 0 amide bonds. The van der Waals surface area contributed by atoms with Crippen molar-refractivity contribution in [2.24, 2.45) is 0 Å². The Morgan fingerprint density at radius 1 is 1.27 bits per heavy atom. The average molecular weight is 297 g/mol. The van der Waals surface area contributed by atoms with Gasteiger partial charge in [0.1, 0.15) is 11.9 Å². The molecule has 1 aliphatic rings. The number of hydrogen-bond donors (Lipinski definition) is 0. The number of fused-ring (bicyclic) bond motifs is 1. The Kier molecular flexibility index (Phi) is 2.96. The van der Waals surface area contributed by atoms with Gasteiger partial charge in [0, 0.05) is 18.7 Å². The zero-order valence-electron chi connectivity index (χ0n) is 12.1. The van der Waals surface area contributed by atoms with E-state index in [1.807, 2.05) is 6.07 Å². The van der Waals surface area contributed by atoms with Crippen LogP contribution in [0.3, 0.4) is 0 Å². The first kappa shape index (κ1) is 13.1. The normalized spacial score (nSPS) is 14.2. The van der Waals surface area contributed by atoms with Crippen molar-refractivity contribution in [1.82, 2.24) is 14.6 Å². The Labute approximate surface area is 127 Å². The van der Waals surface area contributed by atoms with Gasteiger partial charge in [0.15, 0.2) is 17.2 Å². The van der Waals surface area contributed by atoms with Crippen molar-refractivity contribution >= 4 is 11.3 Å². The molecule has 0 bridgehead atoms. The first-order valence-electron chi connectivity index (χ1n) is 7.12. The lowest BCUT2D eigenvalue weighted by Crippen LogP contribution is -2.37. The molecule has 1 saturated heterocycles. The highest BCUT2D eigenvalue weighted by atomic mass is 19.1. The number of rotatable bonds is 3. The zero-order chi connectivity index (χ0) is 15.1. The van der Waals surface area contributed by atoms with Gasteiger partial charge in [-0.15, -0.1) is 0 Å². The molecule has 111 valence electrons. The molecular weight excluding hydrogens is 283 g/mol. The Hall–Kier alpha value is -2.63. The SMILES string of the molecule is COc1ccc(-c2[c]nc3c(N4CCC4)ccnn23)cc1F. The Balaban J connectivity index is 1.84. The van der Waals surface area contributed by atoms with Gasteiger partial charge in [-0.3, -0.25) is 0 Å². The fourth-order valence-electron chi connectivity index (χ4n) is 2.63. The van der Waals surface area contributed by atoms with E-state index in [4.69, 9.17) is 4.74 Å². The summed E-state index contributed by atoms with van der Waals surface area (Å²) in [7, 11) is 1.44. The van der Waals surface area contributed by atoms with Crippen molar-refractivity contribution < 1.29 is 9.13 Å². The third-order valence-corrected chi connectivity index (χ3v) is 3.95. The lowest BCUT2D eigenvalue weighted by atomic mass is 10.1. The van der Waals surface area contributed by atoms with Gasteiger partial charge in [-0.25, -0.2) is 13.9 Å². The predicted octanol–water partition coefficient (Wildman–Crippen LogP) is 2.55. The minimum Gasteiger partial charge on any atom is -0.494 e. The highest BCUT2D eigenvalue weighted by Crippen LogP contribution is 2.29. The first-order valence-corrected chi connectivity index (χ1v) is 7.12. The maximum atomic E-state index is 13.9.